The predicted molar refractivity (Wildman–Crippen MR) is 99.4 cm³/mol. The highest BCUT2D eigenvalue weighted by molar-refractivity contribution is 7.09. The molecule has 1 atom stereocenters. The number of nitrogens with zero attached hydrogens (tertiary/aromatic N) is 1. The van der Waals surface area contributed by atoms with Crippen molar-refractivity contribution in [2.75, 3.05) is 26.2 Å². The van der Waals surface area contributed by atoms with Gasteiger partial charge in [-0.3, -0.25) is 4.90 Å². The Morgan fingerprint density at radius 1 is 1.08 bits per heavy atom. The largest absolute Gasteiger partial charge is 0.338 e. The fourth-order valence-electron chi connectivity index (χ4n) is 3.19. The van der Waals surface area contributed by atoms with Gasteiger partial charge in [-0.2, -0.15) is 0 Å². The van der Waals surface area contributed by atoms with E-state index < -0.39 is 0 Å². The SMILES string of the molecule is O=C(NCCc1cccs1)NCC(c1ccccc1)N1CCCC1. The molecule has 4 nitrogen and oxygen atoms in total. The Kier molecular flexibility index (Phi) is 6.26. The van der Waals surface area contributed by atoms with Crippen LogP contribution in [0.1, 0.15) is 29.3 Å². The van der Waals surface area contributed by atoms with Gasteiger partial charge in [-0.15, -0.1) is 11.3 Å². The van der Waals surface area contributed by atoms with Gasteiger partial charge in [0, 0.05) is 18.0 Å². The summed E-state index contributed by atoms with van der Waals surface area (Å²) in [7, 11) is 0. The van der Waals surface area contributed by atoms with Crippen LogP contribution in [0.15, 0.2) is 47.8 Å². The molecule has 1 aliphatic heterocycles. The molecule has 1 fully saturated rings. The highest BCUT2D eigenvalue weighted by Crippen LogP contribution is 2.24. The average Bonchev–Trinajstić information content (AvgIpc) is 3.30. The van der Waals surface area contributed by atoms with Gasteiger partial charge in [-0.1, -0.05) is 36.4 Å². The quantitative estimate of drug-likeness (QED) is 0.809. The molecule has 2 heterocycles. The van der Waals surface area contributed by atoms with Crippen molar-refractivity contribution in [3.05, 3.63) is 58.3 Å². The first kappa shape index (κ1) is 17.0. The van der Waals surface area contributed by atoms with Gasteiger partial charge < -0.3 is 10.6 Å². The summed E-state index contributed by atoms with van der Waals surface area (Å²) in [5.41, 5.74) is 1.28. The van der Waals surface area contributed by atoms with Gasteiger partial charge in [0.15, 0.2) is 0 Å². The second kappa shape index (κ2) is 8.85. The van der Waals surface area contributed by atoms with E-state index in [1.165, 1.54) is 23.3 Å². The molecular weight excluding hydrogens is 318 g/mol. The number of carbonyl (C=O) groups excluding carboxylic acids is 1. The van der Waals surface area contributed by atoms with Crippen molar-refractivity contribution >= 4 is 17.4 Å². The number of hydrogen-bond donors (Lipinski definition) is 2. The fraction of sp³-hybridized carbons (Fsp3) is 0.421. The molecule has 0 radical (unpaired) electrons. The first-order valence-electron chi connectivity index (χ1n) is 8.66. The second-order valence-electron chi connectivity index (χ2n) is 6.14. The Balaban J connectivity index is 1.48. The molecule has 1 aromatic heterocycles. The van der Waals surface area contributed by atoms with Gasteiger partial charge in [0.05, 0.1) is 6.04 Å². The van der Waals surface area contributed by atoms with Crippen molar-refractivity contribution in [3.63, 3.8) is 0 Å². The van der Waals surface area contributed by atoms with Crippen LogP contribution in [-0.2, 0) is 6.42 Å². The van der Waals surface area contributed by atoms with Crippen molar-refractivity contribution in [3.8, 4) is 0 Å². The summed E-state index contributed by atoms with van der Waals surface area (Å²) in [5, 5.41) is 8.07. The molecule has 24 heavy (non-hydrogen) atoms. The van der Waals surface area contributed by atoms with Crippen LogP contribution >= 0.6 is 11.3 Å². The highest BCUT2D eigenvalue weighted by Gasteiger charge is 2.23. The molecule has 2 N–H and O–H groups in total. The number of nitrogens with one attached hydrogen (secondary N) is 2. The maximum atomic E-state index is 12.1. The second-order valence-corrected chi connectivity index (χ2v) is 7.17. The van der Waals surface area contributed by atoms with Crippen LogP contribution in [0.3, 0.4) is 0 Å². The van der Waals surface area contributed by atoms with Crippen molar-refractivity contribution < 1.29 is 4.79 Å². The molecule has 1 aromatic carbocycles. The lowest BCUT2D eigenvalue weighted by Gasteiger charge is -2.28. The molecule has 2 amide bonds. The minimum absolute atomic E-state index is 0.0771. The van der Waals surface area contributed by atoms with E-state index in [-0.39, 0.29) is 12.1 Å². The van der Waals surface area contributed by atoms with Crippen LogP contribution in [0.2, 0.25) is 0 Å². The zero-order chi connectivity index (χ0) is 16.6. The van der Waals surface area contributed by atoms with E-state index >= 15 is 0 Å². The van der Waals surface area contributed by atoms with Gasteiger partial charge in [-0.25, -0.2) is 4.79 Å². The van der Waals surface area contributed by atoms with Gasteiger partial charge in [0.1, 0.15) is 0 Å². The van der Waals surface area contributed by atoms with E-state index in [1.54, 1.807) is 11.3 Å². The number of hydrogen-bond acceptors (Lipinski definition) is 3. The molecule has 128 valence electrons. The molecule has 2 aromatic rings. The maximum Gasteiger partial charge on any atom is 0.314 e. The minimum Gasteiger partial charge on any atom is -0.338 e. The Hall–Kier alpha value is -1.85. The lowest BCUT2D eigenvalue weighted by molar-refractivity contribution is 0.221. The molecule has 3 rings (SSSR count). The van der Waals surface area contributed by atoms with E-state index in [2.05, 4.69) is 51.2 Å². The molecular formula is C19H25N3OS. The average molecular weight is 343 g/mol. The van der Waals surface area contributed by atoms with E-state index in [0.717, 1.165) is 19.5 Å². The van der Waals surface area contributed by atoms with Gasteiger partial charge in [0.25, 0.3) is 0 Å². The van der Waals surface area contributed by atoms with Gasteiger partial charge in [-0.05, 0) is 49.4 Å². The lowest BCUT2D eigenvalue weighted by atomic mass is 10.1. The minimum atomic E-state index is -0.0771. The first-order valence-corrected chi connectivity index (χ1v) is 9.54. The topological polar surface area (TPSA) is 44.4 Å². The summed E-state index contributed by atoms with van der Waals surface area (Å²) in [6.45, 7) is 3.55. The van der Waals surface area contributed by atoms with Crippen molar-refractivity contribution in [1.29, 1.82) is 0 Å². The summed E-state index contributed by atoms with van der Waals surface area (Å²) in [5.74, 6) is 0. The van der Waals surface area contributed by atoms with Crippen LogP contribution in [-0.4, -0.2) is 37.1 Å². The maximum absolute atomic E-state index is 12.1. The van der Waals surface area contributed by atoms with E-state index in [9.17, 15) is 4.79 Å². The number of likely N-dealkylation sites (tertiary alicyclic amines) is 1. The smallest absolute Gasteiger partial charge is 0.314 e. The zero-order valence-corrected chi connectivity index (χ0v) is 14.7. The number of rotatable bonds is 7. The molecule has 1 saturated heterocycles. The third kappa shape index (κ3) is 4.82. The van der Waals surface area contributed by atoms with E-state index in [4.69, 9.17) is 0 Å². The van der Waals surface area contributed by atoms with E-state index in [0.29, 0.717) is 13.1 Å². The third-order valence-corrected chi connectivity index (χ3v) is 5.39. The number of thiophene rings is 1. The Morgan fingerprint density at radius 3 is 2.58 bits per heavy atom. The lowest BCUT2D eigenvalue weighted by Crippen LogP contribution is -2.42. The predicted octanol–water partition coefficient (Wildman–Crippen LogP) is 3.43. The van der Waals surface area contributed by atoms with Crippen LogP contribution in [0.25, 0.3) is 0 Å². The number of carbonyl (C=O) groups is 1. The molecule has 1 unspecified atom stereocenters. The van der Waals surface area contributed by atoms with Gasteiger partial charge >= 0.3 is 6.03 Å². The normalized spacial score (nSPS) is 16.0. The molecule has 1 aliphatic rings. The first-order chi connectivity index (χ1) is 11.8. The molecule has 0 bridgehead atoms. The summed E-state index contributed by atoms with van der Waals surface area (Å²) in [6.07, 6.45) is 3.38. The molecule has 5 heteroatoms. The van der Waals surface area contributed by atoms with Crippen molar-refractivity contribution in [2.24, 2.45) is 0 Å². The Labute approximate surface area is 147 Å². The molecule has 0 spiro atoms. The zero-order valence-electron chi connectivity index (χ0n) is 13.9. The van der Waals surface area contributed by atoms with E-state index in [1.807, 2.05) is 12.1 Å². The Morgan fingerprint density at radius 2 is 1.88 bits per heavy atom. The summed E-state index contributed by atoms with van der Waals surface area (Å²) in [4.78, 5) is 15.9. The fourth-order valence-corrected chi connectivity index (χ4v) is 3.90. The summed E-state index contributed by atoms with van der Waals surface area (Å²) in [6, 6.07) is 14.8. The number of amides is 2. The molecule has 0 aliphatic carbocycles. The van der Waals surface area contributed by atoms with Gasteiger partial charge in [0.2, 0.25) is 0 Å². The van der Waals surface area contributed by atoms with Crippen LogP contribution in [0.4, 0.5) is 4.79 Å². The van der Waals surface area contributed by atoms with Crippen molar-refractivity contribution in [1.82, 2.24) is 15.5 Å². The molecule has 0 saturated carbocycles. The number of urea groups is 1. The summed E-state index contributed by atoms with van der Waals surface area (Å²) < 4.78 is 0. The standard InChI is InChI=1S/C19H25N3OS/c23-19(20-11-10-17-9-6-14-24-17)21-15-18(22-12-4-5-13-22)16-7-2-1-3-8-16/h1-3,6-9,14,18H,4-5,10-13,15H2,(H2,20,21,23). The van der Waals surface area contributed by atoms with Crippen LogP contribution in [0.5, 0.6) is 0 Å². The monoisotopic (exact) mass is 343 g/mol. The number of benzene rings is 1. The third-order valence-electron chi connectivity index (χ3n) is 4.46. The van der Waals surface area contributed by atoms with Crippen molar-refractivity contribution in [2.45, 2.75) is 25.3 Å². The summed E-state index contributed by atoms with van der Waals surface area (Å²) >= 11 is 1.73. The van der Waals surface area contributed by atoms with Crippen LogP contribution < -0.4 is 10.6 Å². The van der Waals surface area contributed by atoms with Crippen LogP contribution in [0, 0.1) is 0 Å². The highest BCUT2D eigenvalue weighted by atomic mass is 32.1. The Bertz CT molecular complexity index is 609.